The van der Waals surface area contributed by atoms with Crippen LogP contribution in [0.2, 0.25) is 0 Å². The SMILES string of the molecule is Cc1ccc(C)c(NC(=O)CSc2nc3ccccc3c(=O)n2-c2cc(C)ccc2C)c1. The van der Waals surface area contributed by atoms with Crippen LogP contribution in [0, 0.1) is 27.7 Å². The molecule has 32 heavy (non-hydrogen) atoms. The number of hydrogen-bond acceptors (Lipinski definition) is 4. The third-order valence-corrected chi connectivity index (χ3v) is 6.29. The van der Waals surface area contributed by atoms with Gasteiger partial charge in [0.1, 0.15) is 0 Å². The Morgan fingerprint density at radius 1 is 0.938 bits per heavy atom. The molecular weight excluding hydrogens is 418 g/mol. The summed E-state index contributed by atoms with van der Waals surface area (Å²) in [4.78, 5) is 30.9. The van der Waals surface area contributed by atoms with E-state index in [4.69, 9.17) is 4.98 Å². The number of aromatic nitrogens is 2. The highest BCUT2D eigenvalue weighted by atomic mass is 32.2. The lowest BCUT2D eigenvalue weighted by molar-refractivity contribution is -0.113. The highest BCUT2D eigenvalue weighted by Gasteiger charge is 2.16. The molecule has 6 heteroatoms. The van der Waals surface area contributed by atoms with Crippen molar-refractivity contribution in [2.75, 3.05) is 11.1 Å². The van der Waals surface area contributed by atoms with E-state index in [9.17, 15) is 9.59 Å². The van der Waals surface area contributed by atoms with Gasteiger partial charge in [-0.25, -0.2) is 4.98 Å². The van der Waals surface area contributed by atoms with Crippen LogP contribution in [0.15, 0.2) is 70.6 Å². The summed E-state index contributed by atoms with van der Waals surface area (Å²) in [6, 6.07) is 19.3. The Hall–Kier alpha value is -3.38. The minimum atomic E-state index is -0.140. The Balaban J connectivity index is 1.71. The molecule has 0 saturated heterocycles. The molecule has 1 aromatic heterocycles. The third-order valence-electron chi connectivity index (χ3n) is 5.35. The average Bonchev–Trinajstić information content (AvgIpc) is 2.77. The van der Waals surface area contributed by atoms with Gasteiger partial charge in [-0.3, -0.25) is 14.2 Å². The fourth-order valence-corrected chi connectivity index (χ4v) is 4.37. The van der Waals surface area contributed by atoms with Crippen LogP contribution in [0.4, 0.5) is 5.69 Å². The van der Waals surface area contributed by atoms with E-state index in [1.54, 1.807) is 10.6 Å². The van der Waals surface area contributed by atoms with Crippen molar-refractivity contribution in [3.8, 4) is 5.69 Å². The Labute approximate surface area is 191 Å². The zero-order valence-electron chi connectivity index (χ0n) is 18.6. The van der Waals surface area contributed by atoms with Crippen molar-refractivity contribution >= 4 is 34.3 Å². The van der Waals surface area contributed by atoms with Gasteiger partial charge in [0.2, 0.25) is 5.91 Å². The summed E-state index contributed by atoms with van der Waals surface area (Å²) < 4.78 is 1.63. The molecule has 0 radical (unpaired) electrons. The lowest BCUT2D eigenvalue weighted by Crippen LogP contribution is -2.23. The van der Waals surface area contributed by atoms with Crippen LogP contribution < -0.4 is 10.9 Å². The number of rotatable bonds is 5. The van der Waals surface area contributed by atoms with Crippen molar-refractivity contribution in [1.82, 2.24) is 9.55 Å². The number of amides is 1. The molecule has 0 aliphatic rings. The van der Waals surface area contributed by atoms with Crippen LogP contribution in [-0.2, 0) is 4.79 Å². The van der Waals surface area contributed by atoms with Crippen LogP contribution in [0.5, 0.6) is 0 Å². The second-order valence-corrected chi connectivity index (χ2v) is 8.94. The number of carbonyl (C=O) groups excluding carboxylic acids is 1. The molecule has 1 N–H and O–H groups in total. The van der Waals surface area contributed by atoms with Crippen molar-refractivity contribution in [2.45, 2.75) is 32.9 Å². The first-order chi connectivity index (χ1) is 15.3. The number of para-hydroxylation sites is 1. The predicted octanol–water partition coefficient (Wildman–Crippen LogP) is 5.35. The Morgan fingerprint density at radius 2 is 1.62 bits per heavy atom. The zero-order valence-corrected chi connectivity index (χ0v) is 19.4. The maximum Gasteiger partial charge on any atom is 0.266 e. The molecule has 5 nitrogen and oxygen atoms in total. The van der Waals surface area contributed by atoms with Gasteiger partial charge in [-0.1, -0.05) is 48.2 Å². The number of benzene rings is 3. The van der Waals surface area contributed by atoms with Gasteiger partial charge < -0.3 is 5.32 Å². The van der Waals surface area contributed by atoms with E-state index in [0.29, 0.717) is 16.1 Å². The maximum atomic E-state index is 13.4. The summed E-state index contributed by atoms with van der Waals surface area (Å²) in [5, 5.41) is 4.03. The number of anilines is 1. The highest BCUT2D eigenvalue weighted by molar-refractivity contribution is 7.99. The van der Waals surface area contributed by atoms with Gasteiger partial charge in [0.15, 0.2) is 5.16 Å². The first-order valence-electron chi connectivity index (χ1n) is 10.4. The number of carbonyl (C=O) groups is 1. The fourth-order valence-electron chi connectivity index (χ4n) is 3.57. The Bertz CT molecular complexity index is 1390. The number of thioether (sulfide) groups is 1. The number of fused-ring (bicyclic) bond motifs is 1. The molecule has 1 heterocycles. The molecule has 0 aliphatic carbocycles. The van der Waals surface area contributed by atoms with Crippen molar-refractivity contribution < 1.29 is 4.79 Å². The standard InChI is InChI=1S/C26H25N3O2S/c1-16-9-11-18(3)22(13-16)27-24(30)15-32-26-28-21-8-6-5-7-20(21)25(31)29(26)23-14-17(2)10-12-19(23)4/h5-14H,15H2,1-4H3,(H,27,30). The molecule has 162 valence electrons. The van der Waals surface area contributed by atoms with Crippen LogP contribution in [0.25, 0.3) is 16.6 Å². The fraction of sp³-hybridized carbons (Fsp3) is 0.192. The number of nitrogens with one attached hydrogen (secondary N) is 1. The van der Waals surface area contributed by atoms with Gasteiger partial charge in [0.05, 0.1) is 22.3 Å². The topological polar surface area (TPSA) is 64.0 Å². The monoisotopic (exact) mass is 443 g/mol. The van der Waals surface area contributed by atoms with Crippen LogP contribution >= 0.6 is 11.8 Å². The average molecular weight is 444 g/mol. The lowest BCUT2D eigenvalue weighted by Gasteiger charge is -2.16. The van der Waals surface area contributed by atoms with Gasteiger partial charge in [0.25, 0.3) is 5.56 Å². The minimum absolute atomic E-state index is 0.137. The van der Waals surface area contributed by atoms with E-state index in [0.717, 1.165) is 33.6 Å². The van der Waals surface area contributed by atoms with E-state index in [1.165, 1.54) is 11.8 Å². The molecule has 0 bridgehead atoms. The molecular formula is C26H25N3O2S. The first-order valence-corrected chi connectivity index (χ1v) is 11.4. The second kappa shape index (κ2) is 9.01. The summed E-state index contributed by atoms with van der Waals surface area (Å²) >= 11 is 1.26. The molecule has 4 aromatic rings. The molecule has 0 aliphatic heterocycles. The highest BCUT2D eigenvalue weighted by Crippen LogP contribution is 2.24. The first kappa shape index (κ1) is 21.8. The molecule has 0 spiro atoms. The van der Waals surface area contributed by atoms with Gasteiger partial charge in [-0.15, -0.1) is 0 Å². The lowest BCUT2D eigenvalue weighted by atomic mass is 10.1. The second-order valence-electron chi connectivity index (χ2n) is 8.00. The van der Waals surface area contributed by atoms with Crippen molar-refractivity contribution in [3.63, 3.8) is 0 Å². The van der Waals surface area contributed by atoms with Crippen LogP contribution in [-0.4, -0.2) is 21.2 Å². The molecule has 0 unspecified atom stereocenters. The summed E-state index contributed by atoms with van der Waals surface area (Å²) in [6.45, 7) is 7.92. The van der Waals surface area contributed by atoms with Crippen molar-refractivity contribution in [1.29, 1.82) is 0 Å². The van der Waals surface area contributed by atoms with Crippen LogP contribution in [0.1, 0.15) is 22.3 Å². The van der Waals surface area contributed by atoms with Crippen LogP contribution in [0.3, 0.4) is 0 Å². The minimum Gasteiger partial charge on any atom is -0.325 e. The molecule has 0 fully saturated rings. The van der Waals surface area contributed by atoms with Gasteiger partial charge in [0, 0.05) is 5.69 Å². The normalized spacial score (nSPS) is 11.0. The number of aryl methyl sites for hydroxylation is 4. The van der Waals surface area contributed by atoms with E-state index < -0.39 is 0 Å². The number of nitrogens with zero attached hydrogens (tertiary/aromatic N) is 2. The van der Waals surface area contributed by atoms with E-state index in [-0.39, 0.29) is 17.2 Å². The van der Waals surface area contributed by atoms with E-state index in [2.05, 4.69) is 5.32 Å². The zero-order chi connectivity index (χ0) is 22.8. The third kappa shape index (κ3) is 4.46. The molecule has 3 aromatic carbocycles. The summed E-state index contributed by atoms with van der Waals surface area (Å²) in [6.07, 6.45) is 0. The summed E-state index contributed by atoms with van der Waals surface area (Å²) in [5.41, 5.74) is 6.17. The molecule has 4 rings (SSSR count). The van der Waals surface area contributed by atoms with Gasteiger partial charge >= 0.3 is 0 Å². The quantitative estimate of drug-likeness (QED) is 0.334. The van der Waals surface area contributed by atoms with Crippen molar-refractivity contribution in [3.05, 3.63) is 93.3 Å². The van der Waals surface area contributed by atoms with Gasteiger partial charge in [-0.05, 0) is 74.2 Å². The number of hydrogen-bond donors (Lipinski definition) is 1. The van der Waals surface area contributed by atoms with E-state index in [1.807, 2.05) is 82.3 Å². The maximum absolute atomic E-state index is 13.4. The van der Waals surface area contributed by atoms with E-state index >= 15 is 0 Å². The molecule has 1 amide bonds. The van der Waals surface area contributed by atoms with Crippen molar-refractivity contribution in [2.24, 2.45) is 0 Å². The molecule has 0 atom stereocenters. The Morgan fingerprint density at radius 3 is 2.41 bits per heavy atom. The smallest absolute Gasteiger partial charge is 0.266 e. The summed E-state index contributed by atoms with van der Waals surface area (Å²) in [5.74, 6) is 0.00173. The Kier molecular flexibility index (Phi) is 6.15. The van der Waals surface area contributed by atoms with Gasteiger partial charge in [-0.2, -0.15) is 0 Å². The predicted molar refractivity (Wildman–Crippen MR) is 132 cm³/mol. The largest absolute Gasteiger partial charge is 0.325 e. The molecule has 0 saturated carbocycles. The summed E-state index contributed by atoms with van der Waals surface area (Å²) in [7, 11) is 0.